The molecule has 1 aromatic carbocycles. The molecule has 7 N–H and O–H groups in total. The van der Waals surface area contributed by atoms with Crippen molar-refractivity contribution in [2.45, 2.75) is 50.0 Å². The van der Waals surface area contributed by atoms with E-state index in [-0.39, 0.29) is 18.8 Å². The highest BCUT2D eigenvalue weighted by Gasteiger charge is 2.45. The van der Waals surface area contributed by atoms with E-state index in [4.69, 9.17) is 15.2 Å². The lowest BCUT2D eigenvalue weighted by atomic mass is 9.97. The van der Waals surface area contributed by atoms with Gasteiger partial charge in [-0.25, -0.2) is 0 Å². The molecule has 0 saturated carbocycles. The quantitative estimate of drug-likeness (QED) is 0.171. The number of carbonyl (C=O) groups excluding carboxylic acids is 3. The van der Waals surface area contributed by atoms with Gasteiger partial charge in [0.25, 0.3) is 0 Å². The molecule has 1 aliphatic rings. The van der Waals surface area contributed by atoms with Gasteiger partial charge < -0.3 is 41.2 Å². The Morgan fingerprint density at radius 1 is 1.21 bits per heavy atom. The summed E-state index contributed by atoms with van der Waals surface area (Å²) in [6, 6.07) is 6.99. The summed E-state index contributed by atoms with van der Waals surface area (Å²) in [5, 5.41) is 34.9. The van der Waals surface area contributed by atoms with Crippen molar-refractivity contribution in [1.82, 2.24) is 10.6 Å². The fraction of sp³-hybridized carbons (Fsp3) is 0.571. The molecule has 33 heavy (non-hydrogen) atoms. The number of primary amides is 1. The van der Waals surface area contributed by atoms with E-state index in [1.54, 1.807) is 6.92 Å². The number of benzene rings is 1. The SMILES string of the molecule is C[C@@H](COC1OC(CO)[C@@H](O)C(O)[C@@H]1NC(=O)CS)C(=O)N[C@@H](Cc1ccccc1)C(N)=O. The van der Waals surface area contributed by atoms with Crippen LogP contribution >= 0.6 is 12.6 Å². The highest BCUT2D eigenvalue weighted by atomic mass is 32.1. The van der Waals surface area contributed by atoms with Crippen LogP contribution in [-0.2, 0) is 30.3 Å². The van der Waals surface area contributed by atoms with Crippen LogP contribution in [0, 0.1) is 5.92 Å². The van der Waals surface area contributed by atoms with E-state index >= 15 is 0 Å². The normalized spacial score (nSPS) is 26.8. The first kappa shape index (κ1) is 27.0. The molecule has 1 heterocycles. The Bertz CT molecular complexity index is 799. The maximum Gasteiger partial charge on any atom is 0.240 e. The minimum Gasteiger partial charge on any atom is -0.394 e. The Kier molecular flexibility index (Phi) is 10.5. The summed E-state index contributed by atoms with van der Waals surface area (Å²) in [4.78, 5) is 36.2. The van der Waals surface area contributed by atoms with Crippen molar-refractivity contribution in [3.63, 3.8) is 0 Å². The minimum atomic E-state index is -1.49. The number of nitrogens with two attached hydrogens (primary N) is 1. The molecular weight excluding hydrogens is 454 g/mol. The van der Waals surface area contributed by atoms with Gasteiger partial charge >= 0.3 is 0 Å². The summed E-state index contributed by atoms with van der Waals surface area (Å²) in [5.74, 6) is -2.66. The maximum atomic E-state index is 12.6. The molecule has 12 heteroatoms. The molecule has 0 aromatic heterocycles. The van der Waals surface area contributed by atoms with Crippen molar-refractivity contribution in [3.8, 4) is 0 Å². The highest BCUT2D eigenvalue weighted by Crippen LogP contribution is 2.23. The van der Waals surface area contributed by atoms with Gasteiger partial charge in [0, 0.05) is 6.42 Å². The molecule has 2 rings (SSSR count). The zero-order valence-corrected chi connectivity index (χ0v) is 19.1. The largest absolute Gasteiger partial charge is 0.394 e. The molecule has 0 bridgehead atoms. The summed E-state index contributed by atoms with van der Waals surface area (Å²) in [6.45, 7) is 0.748. The van der Waals surface area contributed by atoms with E-state index < -0.39 is 66.9 Å². The van der Waals surface area contributed by atoms with E-state index in [9.17, 15) is 29.7 Å². The summed E-state index contributed by atoms with van der Waals surface area (Å²) in [7, 11) is 0. The maximum absolute atomic E-state index is 12.6. The molecule has 3 unspecified atom stereocenters. The Morgan fingerprint density at radius 2 is 1.88 bits per heavy atom. The number of amides is 3. The third-order valence-electron chi connectivity index (χ3n) is 5.25. The molecule has 0 radical (unpaired) electrons. The van der Waals surface area contributed by atoms with E-state index in [0.29, 0.717) is 0 Å². The fourth-order valence-corrected chi connectivity index (χ4v) is 3.40. The van der Waals surface area contributed by atoms with Crippen molar-refractivity contribution in [2.24, 2.45) is 11.7 Å². The number of hydrogen-bond acceptors (Lipinski definition) is 9. The summed E-state index contributed by atoms with van der Waals surface area (Å²) in [5.41, 5.74) is 6.26. The molecule has 11 nitrogen and oxygen atoms in total. The van der Waals surface area contributed by atoms with Gasteiger partial charge in [-0.05, 0) is 5.56 Å². The van der Waals surface area contributed by atoms with E-state index in [0.717, 1.165) is 5.56 Å². The van der Waals surface area contributed by atoms with Crippen molar-refractivity contribution >= 4 is 30.4 Å². The molecule has 1 saturated heterocycles. The van der Waals surface area contributed by atoms with Gasteiger partial charge in [-0.3, -0.25) is 14.4 Å². The summed E-state index contributed by atoms with van der Waals surface area (Å²) < 4.78 is 11.1. The first-order chi connectivity index (χ1) is 15.7. The van der Waals surface area contributed by atoms with Crippen LogP contribution in [0.1, 0.15) is 12.5 Å². The Balaban J connectivity index is 2.00. The molecule has 1 aromatic rings. The second-order valence-electron chi connectivity index (χ2n) is 7.85. The van der Waals surface area contributed by atoms with Crippen LogP contribution in [0.3, 0.4) is 0 Å². The van der Waals surface area contributed by atoms with Crippen LogP contribution in [0.25, 0.3) is 0 Å². The number of ether oxygens (including phenoxy) is 2. The number of rotatable bonds is 11. The van der Waals surface area contributed by atoms with E-state index in [1.807, 2.05) is 30.3 Å². The highest BCUT2D eigenvalue weighted by molar-refractivity contribution is 7.81. The monoisotopic (exact) mass is 485 g/mol. The first-order valence-electron chi connectivity index (χ1n) is 10.5. The third-order valence-corrected chi connectivity index (χ3v) is 5.54. The zero-order valence-electron chi connectivity index (χ0n) is 18.2. The Morgan fingerprint density at radius 3 is 2.45 bits per heavy atom. The summed E-state index contributed by atoms with van der Waals surface area (Å²) >= 11 is 3.86. The molecule has 0 aliphatic carbocycles. The molecule has 184 valence electrons. The predicted octanol–water partition coefficient (Wildman–Crippen LogP) is -2.29. The van der Waals surface area contributed by atoms with Crippen LogP contribution in [0.4, 0.5) is 0 Å². The zero-order chi connectivity index (χ0) is 24.5. The second-order valence-corrected chi connectivity index (χ2v) is 8.16. The molecule has 1 fully saturated rings. The van der Waals surface area contributed by atoms with Gasteiger partial charge in [-0.1, -0.05) is 37.3 Å². The second kappa shape index (κ2) is 12.9. The lowest BCUT2D eigenvalue weighted by Crippen LogP contribution is -2.65. The molecule has 7 atom stereocenters. The number of thiol groups is 1. The van der Waals surface area contributed by atoms with E-state index in [1.165, 1.54) is 0 Å². The van der Waals surface area contributed by atoms with Gasteiger partial charge in [0.2, 0.25) is 17.7 Å². The van der Waals surface area contributed by atoms with Crippen LogP contribution in [0.15, 0.2) is 30.3 Å². The third kappa shape index (κ3) is 7.66. The number of aliphatic hydroxyl groups is 3. The molecule has 1 aliphatic heterocycles. The van der Waals surface area contributed by atoms with Gasteiger partial charge in [-0.2, -0.15) is 12.6 Å². The molecule has 0 spiro atoms. The van der Waals surface area contributed by atoms with Gasteiger partial charge in [0.05, 0.1) is 24.9 Å². The number of nitrogens with one attached hydrogen (secondary N) is 2. The van der Waals surface area contributed by atoms with Crippen molar-refractivity contribution in [1.29, 1.82) is 0 Å². The van der Waals surface area contributed by atoms with Gasteiger partial charge in [0.1, 0.15) is 30.4 Å². The number of aliphatic hydroxyl groups excluding tert-OH is 3. The Hall–Kier alpha value is -2.22. The van der Waals surface area contributed by atoms with Gasteiger partial charge in [0.15, 0.2) is 6.29 Å². The summed E-state index contributed by atoms with van der Waals surface area (Å²) in [6.07, 6.45) is -5.13. The standard InChI is InChI=1S/C21H31N3O8S/c1-11(20(30)23-13(19(22)29)7-12-5-3-2-4-6-12)9-31-21-16(24-15(26)10-33)18(28)17(27)14(8-25)32-21/h2-6,11,13-14,16-18,21,25,27-28,33H,7-10H2,1H3,(H2,22,29)(H,23,30)(H,24,26)/t11-,13-,14?,16-,17+,18?,21?/m0/s1. The van der Waals surface area contributed by atoms with Crippen LogP contribution in [0.2, 0.25) is 0 Å². The van der Waals surface area contributed by atoms with E-state index in [2.05, 4.69) is 23.3 Å². The van der Waals surface area contributed by atoms with Crippen LogP contribution in [0.5, 0.6) is 0 Å². The Labute approximate surface area is 197 Å². The molecule has 3 amide bonds. The number of carbonyl (C=O) groups is 3. The minimum absolute atomic E-state index is 0.176. The lowest BCUT2D eigenvalue weighted by Gasteiger charge is -2.42. The van der Waals surface area contributed by atoms with Gasteiger partial charge in [-0.15, -0.1) is 0 Å². The van der Waals surface area contributed by atoms with Crippen LogP contribution in [-0.4, -0.2) is 88.7 Å². The van der Waals surface area contributed by atoms with Crippen molar-refractivity contribution in [2.75, 3.05) is 19.0 Å². The topological polar surface area (TPSA) is 180 Å². The average molecular weight is 486 g/mol. The fourth-order valence-electron chi connectivity index (χ4n) is 3.31. The van der Waals surface area contributed by atoms with Crippen molar-refractivity contribution < 1.29 is 39.2 Å². The predicted molar refractivity (Wildman–Crippen MR) is 120 cm³/mol. The molecular formula is C21H31N3O8S. The first-order valence-corrected chi connectivity index (χ1v) is 11.1. The lowest BCUT2D eigenvalue weighted by molar-refractivity contribution is -0.271. The van der Waals surface area contributed by atoms with Crippen LogP contribution < -0.4 is 16.4 Å². The van der Waals surface area contributed by atoms with Crippen molar-refractivity contribution in [3.05, 3.63) is 35.9 Å². The number of hydrogen-bond donors (Lipinski definition) is 7. The average Bonchev–Trinajstić information content (AvgIpc) is 2.81. The smallest absolute Gasteiger partial charge is 0.240 e.